The fraction of sp³-hybridized carbons (Fsp3) is 0.400. The molecule has 0 saturated carbocycles. The van der Waals surface area contributed by atoms with E-state index in [4.69, 9.17) is 4.74 Å². The van der Waals surface area contributed by atoms with Gasteiger partial charge < -0.3 is 20.5 Å². The lowest BCUT2D eigenvalue weighted by molar-refractivity contribution is -0.142. The molecular formula is C25H30N2O5. The predicted octanol–water partition coefficient (Wildman–Crippen LogP) is 3.92. The highest BCUT2D eigenvalue weighted by Gasteiger charge is 2.32. The summed E-state index contributed by atoms with van der Waals surface area (Å²) in [6, 6.07) is 14.2. The van der Waals surface area contributed by atoms with Crippen LogP contribution in [-0.2, 0) is 14.3 Å². The number of carbonyl (C=O) groups is 3. The molecule has 2 amide bonds. The largest absolute Gasteiger partial charge is 0.480 e. The van der Waals surface area contributed by atoms with Gasteiger partial charge in [-0.15, -0.1) is 0 Å². The summed E-state index contributed by atoms with van der Waals surface area (Å²) in [7, 11) is 0. The maximum atomic E-state index is 12.7. The first-order valence-electron chi connectivity index (χ1n) is 11.0. The zero-order valence-corrected chi connectivity index (χ0v) is 18.6. The molecule has 1 aliphatic carbocycles. The van der Waals surface area contributed by atoms with Crippen molar-refractivity contribution in [2.75, 3.05) is 6.61 Å². The molecule has 32 heavy (non-hydrogen) atoms. The van der Waals surface area contributed by atoms with Crippen molar-refractivity contribution in [2.45, 2.75) is 51.6 Å². The van der Waals surface area contributed by atoms with E-state index in [-0.39, 0.29) is 24.9 Å². The maximum absolute atomic E-state index is 12.7. The summed E-state index contributed by atoms with van der Waals surface area (Å²) in [5.41, 5.74) is 4.47. The van der Waals surface area contributed by atoms with E-state index in [0.29, 0.717) is 6.42 Å². The number of benzene rings is 2. The smallest absolute Gasteiger partial charge is 0.407 e. The Labute approximate surface area is 188 Å². The normalized spacial score (nSPS) is 15.1. The number of hydrogen-bond donors (Lipinski definition) is 3. The zero-order valence-electron chi connectivity index (χ0n) is 18.6. The lowest BCUT2D eigenvalue weighted by Gasteiger charge is -2.25. The summed E-state index contributed by atoms with van der Waals surface area (Å²) in [5, 5.41) is 14.4. The van der Waals surface area contributed by atoms with Crippen LogP contribution in [0.3, 0.4) is 0 Å². The third kappa shape index (κ3) is 4.93. The number of alkyl carbamates (subject to hydrolysis) is 1. The number of rotatable bonds is 9. The first-order chi connectivity index (χ1) is 15.4. The number of carboxylic acids is 1. The average molecular weight is 439 g/mol. The molecule has 0 bridgehead atoms. The maximum Gasteiger partial charge on any atom is 0.407 e. The number of aliphatic carboxylic acids is 1. The van der Waals surface area contributed by atoms with Crippen LogP contribution in [0.15, 0.2) is 48.5 Å². The van der Waals surface area contributed by atoms with Gasteiger partial charge in [0.1, 0.15) is 18.7 Å². The highest BCUT2D eigenvalue weighted by atomic mass is 16.5. The number of hydrogen-bond acceptors (Lipinski definition) is 4. The van der Waals surface area contributed by atoms with E-state index in [0.717, 1.165) is 22.3 Å². The van der Waals surface area contributed by atoms with Gasteiger partial charge in [-0.25, -0.2) is 9.59 Å². The van der Waals surface area contributed by atoms with Gasteiger partial charge in [0.15, 0.2) is 0 Å². The number of fused-ring (bicyclic) bond motifs is 3. The second-order valence-corrected chi connectivity index (χ2v) is 8.14. The molecule has 170 valence electrons. The Morgan fingerprint density at radius 1 is 0.938 bits per heavy atom. The SMILES string of the molecule is CCC(NC(=O)[C@@H](NC(=O)OCC1c2ccccc2-c2ccccc21)C(C)CC)C(=O)O. The molecule has 2 aromatic carbocycles. The molecule has 0 heterocycles. The predicted molar refractivity (Wildman–Crippen MR) is 121 cm³/mol. The van der Waals surface area contributed by atoms with Crippen molar-refractivity contribution < 1.29 is 24.2 Å². The highest BCUT2D eigenvalue weighted by Crippen LogP contribution is 2.44. The second kappa shape index (κ2) is 10.3. The summed E-state index contributed by atoms with van der Waals surface area (Å²) < 4.78 is 5.55. The van der Waals surface area contributed by atoms with Crippen LogP contribution in [0.5, 0.6) is 0 Å². The number of carbonyl (C=O) groups excluding carboxylic acids is 2. The van der Waals surface area contributed by atoms with Gasteiger partial charge in [-0.3, -0.25) is 4.79 Å². The van der Waals surface area contributed by atoms with E-state index in [1.165, 1.54) is 0 Å². The van der Waals surface area contributed by atoms with Crippen molar-refractivity contribution in [2.24, 2.45) is 5.92 Å². The fourth-order valence-electron chi connectivity index (χ4n) is 4.07. The third-order valence-electron chi connectivity index (χ3n) is 6.14. The van der Waals surface area contributed by atoms with E-state index in [9.17, 15) is 19.5 Å². The van der Waals surface area contributed by atoms with Gasteiger partial charge in [0.2, 0.25) is 5.91 Å². The lowest BCUT2D eigenvalue weighted by atomic mass is 9.98. The summed E-state index contributed by atoms with van der Waals surface area (Å²) in [4.78, 5) is 36.6. The van der Waals surface area contributed by atoms with E-state index >= 15 is 0 Å². The third-order valence-corrected chi connectivity index (χ3v) is 6.14. The van der Waals surface area contributed by atoms with Crippen molar-refractivity contribution in [3.05, 3.63) is 59.7 Å². The lowest BCUT2D eigenvalue weighted by Crippen LogP contribution is -2.54. The van der Waals surface area contributed by atoms with Crippen LogP contribution in [0.2, 0.25) is 0 Å². The van der Waals surface area contributed by atoms with Crippen LogP contribution < -0.4 is 10.6 Å². The minimum absolute atomic E-state index is 0.0829. The molecule has 0 spiro atoms. The Morgan fingerprint density at radius 2 is 1.50 bits per heavy atom. The average Bonchev–Trinajstić information content (AvgIpc) is 3.12. The summed E-state index contributed by atoms with van der Waals surface area (Å²) >= 11 is 0. The first-order valence-corrected chi connectivity index (χ1v) is 11.0. The van der Waals surface area contributed by atoms with Crippen LogP contribution in [0, 0.1) is 5.92 Å². The Kier molecular flexibility index (Phi) is 7.51. The highest BCUT2D eigenvalue weighted by molar-refractivity contribution is 5.89. The molecule has 2 unspecified atom stereocenters. The van der Waals surface area contributed by atoms with Gasteiger partial charge in [0, 0.05) is 5.92 Å². The Balaban J connectivity index is 1.68. The minimum atomic E-state index is -1.11. The van der Waals surface area contributed by atoms with Gasteiger partial charge in [-0.1, -0.05) is 75.7 Å². The molecule has 3 N–H and O–H groups in total. The molecule has 2 aromatic rings. The van der Waals surface area contributed by atoms with Gasteiger partial charge in [0.05, 0.1) is 0 Å². The number of amides is 2. The van der Waals surface area contributed by atoms with Crippen molar-refractivity contribution >= 4 is 18.0 Å². The molecule has 7 heteroatoms. The van der Waals surface area contributed by atoms with Crippen molar-refractivity contribution in [3.63, 3.8) is 0 Å². The van der Waals surface area contributed by atoms with E-state index < -0.39 is 30.1 Å². The van der Waals surface area contributed by atoms with Gasteiger partial charge in [-0.05, 0) is 34.6 Å². The Hall–Kier alpha value is -3.35. The Morgan fingerprint density at radius 3 is 2.00 bits per heavy atom. The second-order valence-electron chi connectivity index (χ2n) is 8.14. The molecule has 0 fully saturated rings. The van der Waals surface area contributed by atoms with Crippen LogP contribution in [0.25, 0.3) is 11.1 Å². The monoisotopic (exact) mass is 438 g/mol. The quantitative estimate of drug-likeness (QED) is 0.550. The van der Waals surface area contributed by atoms with Crippen LogP contribution >= 0.6 is 0 Å². The molecule has 0 aliphatic heterocycles. The molecule has 7 nitrogen and oxygen atoms in total. The molecule has 0 saturated heterocycles. The molecule has 0 radical (unpaired) electrons. The topological polar surface area (TPSA) is 105 Å². The van der Waals surface area contributed by atoms with Crippen LogP contribution in [0.4, 0.5) is 4.79 Å². The summed E-state index contributed by atoms with van der Waals surface area (Å²) in [6.07, 6.45) is 0.181. The van der Waals surface area contributed by atoms with E-state index in [1.54, 1.807) is 6.92 Å². The number of nitrogens with one attached hydrogen (secondary N) is 2. The summed E-state index contributed by atoms with van der Waals surface area (Å²) in [6.45, 7) is 5.55. The molecule has 3 rings (SSSR count). The molecule has 1 aliphatic rings. The van der Waals surface area contributed by atoms with Crippen molar-refractivity contribution in [3.8, 4) is 11.1 Å². The summed E-state index contributed by atoms with van der Waals surface area (Å²) in [5.74, 6) is -1.91. The van der Waals surface area contributed by atoms with Crippen LogP contribution in [0.1, 0.15) is 50.7 Å². The van der Waals surface area contributed by atoms with Crippen molar-refractivity contribution in [1.82, 2.24) is 10.6 Å². The molecular weight excluding hydrogens is 408 g/mol. The first kappa shape index (κ1) is 23.3. The number of ether oxygens (including phenoxy) is 1. The van der Waals surface area contributed by atoms with Crippen LogP contribution in [-0.4, -0.2) is 41.8 Å². The van der Waals surface area contributed by atoms with Crippen molar-refractivity contribution in [1.29, 1.82) is 0 Å². The zero-order chi connectivity index (χ0) is 23.3. The Bertz CT molecular complexity index is 944. The minimum Gasteiger partial charge on any atom is -0.480 e. The van der Waals surface area contributed by atoms with E-state index in [2.05, 4.69) is 22.8 Å². The molecule has 3 atom stereocenters. The number of carboxylic acid groups (broad SMARTS) is 1. The van der Waals surface area contributed by atoms with Gasteiger partial charge in [0.25, 0.3) is 0 Å². The van der Waals surface area contributed by atoms with E-state index in [1.807, 2.05) is 50.2 Å². The van der Waals surface area contributed by atoms with Gasteiger partial charge >= 0.3 is 12.1 Å². The van der Waals surface area contributed by atoms with Gasteiger partial charge in [-0.2, -0.15) is 0 Å². The molecule has 0 aromatic heterocycles. The standard InChI is InChI=1S/C25H30N2O5/c1-4-15(3)22(23(28)26-21(5-2)24(29)30)27-25(31)32-14-20-18-12-8-6-10-16(18)17-11-7-9-13-19(17)20/h6-13,15,20-22H,4-5,14H2,1-3H3,(H,26,28)(H,27,31)(H,29,30)/t15?,21?,22-/m0/s1. The fourth-order valence-corrected chi connectivity index (χ4v) is 4.07.